The summed E-state index contributed by atoms with van der Waals surface area (Å²) in [4.78, 5) is 2.27. The SMILES string of the molecule is CC(CO[C@]1(Cc2ccccc2)C[C@@H]2CC[C@]1(C)C2(C)C)CN(C)C. The van der Waals surface area contributed by atoms with Crippen LogP contribution >= 0.6 is 0 Å². The fraction of sp³-hybridized carbons (Fsp3) is 0.739. The lowest BCUT2D eigenvalue weighted by Crippen LogP contribution is -2.51. The predicted molar refractivity (Wildman–Crippen MR) is 106 cm³/mol. The molecule has 0 radical (unpaired) electrons. The van der Waals surface area contributed by atoms with Crippen molar-refractivity contribution >= 4 is 0 Å². The molecule has 0 aliphatic heterocycles. The molecule has 2 nitrogen and oxygen atoms in total. The van der Waals surface area contributed by atoms with E-state index < -0.39 is 0 Å². The summed E-state index contributed by atoms with van der Waals surface area (Å²) in [6.07, 6.45) is 4.95. The van der Waals surface area contributed by atoms with Gasteiger partial charge in [-0.3, -0.25) is 0 Å². The Morgan fingerprint density at radius 1 is 1.16 bits per heavy atom. The minimum Gasteiger partial charge on any atom is -0.374 e. The first kappa shape index (κ1) is 18.9. The van der Waals surface area contributed by atoms with Crippen LogP contribution < -0.4 is 0 Å². The topological polar surface area (TPSA) is 12.5 Å². The van der Waals surface area contributed by atoms with Crippen molar-refractivity contribution in [3.05, 3.63) is 35.9 Å². The van der Waals surface area contributed by atoms with Gasteiger partial charge in [-0.1, -0.05) is 58.0 Å². The summed E-state index contributed by atoms with van der Waals surface area (Å²) in [6, 6.07) is 11.0. The maximum atomic E-state index is 6.90. The van der Waals surface area contributed by atoms with E-state index >= 15 is 0 Å². The number of rotatable bonds is 7. The molecule has 0 heterocycles. The highest BCUT2D eigenvalue weighted by atomic mass is 16.5. The van der Waals surface area contributed by atoms with E-state index in [0.717, 1.165) is 25.5 Å². The van der Waals surface area contributed by atoms with Gasteiger partial charge in [0.1, 0.15) is 0 Å². The molecule has 4 atom stereocenters. The summed E-state index contributed by atoms with van der Waals surface area (Å²) in [7, 11) is 4.30. The molecule has 2 heteroatoms. The van der Waals surface area contributed by atoms with Gasteiger partial charge in [0.15, 0.2) is 0 Å². The molecule has 2 aliphatic carbocycles. The molecule has 2 fully saturated rings. The lowest BCUT2D eigenvalue weighted by molar-refractivity contribution is -0.146. The fourth-order valence-corrected chi connectivity index (χ4v) is 5.83. The van der Waals surface area contributed by atoms with Crippen molar-refractivity contribution < 1.29 is 4.74 Å². The molecule has 0 aromatic heterocycles. The van der Waals surface area contributed by atoms with Crippen molar-refractivity contribution in [1.29, 1.82) is 0 Å². The fourth-order valence-electron chi connectivity index (χ4n) is 5.83. The number of nitrogens with zero attached hydrogens (tertiary/aromatic N) is 1. The minimum absolute atomic E-state index is 0.0126. The van der Waals surface area contributed by atoms with Gasteiger partial charge in [0.2, 0.25) is 0 Å². The average molecular weight is 344 g/mol. The van der Waals surface area contributed by atoms with Crippen LogP contribution in [0.2, 0.25) is 0 Å². The normalized spacial score (nSPS) is 34.6. The number of fused-ring (bicyclic) bond motifs is 2. The zero-order chi connectivity index (χ0) is 18.3. The van der Waals surface area contributed by atoms with Crippen LogP contribution in [0.25, 0.3) is 0 Å². The Labute approximate surface area is 154 Å². The zero-order valence-corrected chi connectivity index (χ0v) is 17.1. The van der Waals surface area contributed by atoms with E-state index in [1.54, 1.807) is 0 Å². The van der Waals surface area contributed by atoms with Crippen LogP contribution in [-0.2, 0) is 11.2 Å². The van der Waals surface area contributed by atoms with Crippen LogP contribution in [0.5, 0.6) is 0 Å². The largest absolute Gasteiger partial charge is 0.374 e. The van der Waals surface area contributed by atoms with Crippen molar-refractivity contribution in [3.8, 4) is 0 Å². The second-order valence-electron chi connectivity index (χ2n) is 9.83. The highest BCUT2D eigenvalue weighted by Crippen LogP contribution is 2.71. The van der Waals surface area contributed by atoms with Gasteiger partial charge in [-0.15, -0.1) is 0 Å². The molecule has 1 aromatic carbocycles. The predicted octanol–water partition coefficient (Wildman–Crippen LogP) is 5.03. The summed E-state index contributed by atoms with van der Waals surface area (Å²) in [5.74, 6) is 1.36. The molecule has 140 valence electrons. The quantitative estimate of drug-likeness (QED) is 0.688. The lowest BCUT2D eigenvalue weighted by Gasteiger charge is -2.49. The molecular weight excluding hydrogens is 306 g/mol. The van der Waals surface area contributed by atoms with Gasteiger partial charge in [0.05, 0.1) is 12.2 Å². The Bertz CT molecular complexity index is 581. The maximum Gasteiger partial charge on any atom is 0.0784 e. The van der Waals surface area contributed by atoms with Crippen LogP contribution in [-0.4, -0.2) is 37.7 Å². The summed E-state index contributed by atoms with van der Waals surface area (Å²) in [5.41, 5.74) is 2.04. The summed E-state index contributed by atoms with van der Waals surface area (Å²) < 4.78 is 6.90. The van der Waals surface area contributed by atoms with E-state index in [1.807, 2.05) is 0 Å². The van der Waals surface area contributed by atoms with Crippen molar-refractivity contribution in [3.63, 3.8) is 0 Å². The maximum absolute atomic E-state index is 6.90. The van der Waals surface area contributed by atoms with Crippen LogP contribution in [0.1, 0.15) is 52.5 Å². The summed E-state index contributed by atoms with van der Waals surface area (Å²) >= 11 is 0. The Morgan fingerprint density at radius 3 is 2.36 bits per heavy atom. The highest BCUT2D eigenvalue weighted by Gasteiger charge is 2.69. The molecule has 3 rings (SSSR count). The smallest absolute Gasteiger partial charge is 0.0784 e. The number of hydrogen-bond donors (Lipinski definition) is 0. The van der Waals surface area contributed by atoms with Crippen molar-refractivity contribution in [2.75, 3.05) is 27.2 Å². The molecule has 2 bridgehead atoms. The van der Waals surface area contributed by atoms with Gasteiger partial charge in [0, 0.05) is 18.4 Å². The van der Waals surface area contributed by atoms with E-state index in [9.17, 15) is 0 Å². The lowest BCUT2D eigenvalue weighted by atomic mass is 9.62. The van der Waals surface area contributed by atoms with Crippen molar-refractivity contribution in [2.45, 2.75) is 59.0 Å². The monoisotopic (exact) mass is 343 g/mol. The number of ether oxygens (including phenoxy) is 1. The molecule has 2 aliphatic rings. The summed E-state index contributed by atoms with van der Waals surface area (Å²) in [5, 5.41) is 0. The van der Waals surface area contributed by atoms with Crippen molar-refractivity contribution in [1.82, 2.24) is 4.90 Å². The second kappa shape index (κ2) is 6.70. The van der Waals surface area contributed by atoms with E-state index in [-0.39, 0.29) is 11.0 Å². The van der Waals surface area contributed by atoms with Crippen molar-refractivity contribution in [2.24, 2.45) is 22.7 Å². The molecule has 0 saturated heterocycles. The first-order valence-corrected chi connectivity index (χ1v) is 10.0. The highest BCUT2D eigenvalue weighted by molar-refractivity contribution is 5.25. The third kappa shape index (κ3) is 3.17. The molecular formula is C23H37NO. The first-order chi connectivity index (χ1) is 11.7. The van der Waals surface area contributed by atoms with E-state index in [0.29, 0.717) is 11.3 Å². The summed E-state index contributed by atoms with van der Waals surface area (Å²) in [6.45, 7) is 11.8. The van der Waals surface area contributed by atoms with Crippen LogP contribution in [0, 0.1) is 22.7 Å². The first-order valence-electron chi connectivity index (χ1n) is 10.0. The van der Waals surface area contributed by atoms with Crippen LogP contribution in [0.4, 0.5) is 0 Å². The molecule has 1 aromatic rings. The molecule has 25 heavy (non-hydrogen) atoms. The molecule has 0 amide bonds. The Balaban J connectivity index is 1.85. The average Bonchev–Trinajstić information content (AvgIpc) is 2.86. The van der Waals surface area contributed by atoms with Gasteiger partial charge in [-0.2, -0.15) is 0 Å². The molecule has 0 N–H and O–H groups in total. The standard InChI is InChI=1S/C23H37NO/c1-18(16-24(5)6)17-25-23(14-19-10-8-7-9-11-19)15-20-12-13-22(23,4)21(20,2)3/h7-11,18,20H,12-17H2,1-6H3/t18?,20-,22+,23+/m0/s1. The third-order valence-corrected chi connectivity index (χ3v) is 7.67. The number of benzene rings is 1. The molecule has 1 unspecified atom stereocenters. The Hall–Kier alpha value is -0.860. The van der Waals surface area contributed by atoms with E-state index in [4.69, 9.17) is 4.74 Å². The van der Waals surface area contributed by atoms with Crippen LogP contribution in [0.3, 0.4) is 0 Å². The zero-order valence-electron chi connectivity index (χ0n) is 17.1. The molecule has 2 saturated carbocycles. The number of hydrogen-bond acceptors (Lipinski definition) is 2. The molecule has 0 spiro atoms. The van der Waals surface area contributed by atoms with Gasteiger partial charge in [0.25, 0.3) is 0 Å². The third-order valence-electron chi connectivity index (χ3n) is 7.67. The van der Waals surface area contributed by atoms with E-state index in [2.05, 4.69) is 77.0 Å². The second-order valence-corrected chi connectivity index (χ2v) is 9.83. The van der Waals surface area contributed by atoms with Gasteiger partial charge >= 0.3 is 0 Å². The van der Waals surface area contributed by atoms with Gasteiger partial charge in [-0.25, -0.2) is 0 Å². The van der Waals surface area contributed by atoms with Gasteiger partial charge in [-0.05, 0) is 56.2 Å². The Kier molecular flexibility index (Phi) is 5.07. The Morgan fingerprint density at radius 2 is 1.84 bits per heavy atom. The van der Waals surface area contributed by atoms with Gasteiger partial charge < -0.3 is 9.64 Å². The van der Waals surface area contributed by atoms with Crippen LogP contribution in [0.15, 0.2) is 30.3 Å². The van der Waals surface area contributed by atoms with E-state index in [1.165, 1.54) is 24.8 Å². The minimum atomic E-state index is -0.0126.